The summed E-state index contributed by atoms with van der Waals surface area (Å²) in [6, 6.07) is 31.5. The number of hydrogen-bond donors (Lipinski definition) is 1. The molecule has 0 bridgehead atoms. The van der Waals surface area contributed by atoms with Crippen molar-refractivity contribution in [3.8, 4) is 5.75 Å². The summed E-state index contributed by atoms with van der Waals surface area (Å²) in [5.41, 5.74) is 4.88. The molecule has 0 aliphatic rings. The Bertz CT molecular complexity index is 1060. The van der Waals surface area contributed by atoms with Crippen molar-refractivity contribution >= 4 is 16.5 Å². The van der Waals surface area contributed by atoms with Crippen LogP contribution in [0.5, 0.6) is 5.75 Å². The molecule has 1 N–H and O–H groups in total. The molecule has 0 atom stereocenters. The molecule has 4 aromatic rings. The molecule has 0 radical (unpaired) electrons. The lowest BCUT2D eigenvalue weighted by atomic mass is 10.0. The Morgan fingerprint density at radius 3 is 2.36 bits per heavy atom. The van der Waals surface area contributed by atoms with Gasteiger partial charge >= 0.3 is 0 Å². The molecular weight excluding hydrogens is 342 g/mol. The zero-order valence-corrected chi connectivity index (χ0v) is 16.2. The van der Waals surface area contributed by atoms with Gasteiger partial charge in [-0.1, -0.05) is 85.8 Å². The fourth-order valence-corrected chi connectivity index (χ4v) is 3.55. The number of para-hydroxylation sites is 1. The average Bonchev–Trinajstić information content (AvgIpc) is 2.77. The van der Waals surface area contributed by atoms with E-state index in [0.717, 1.165) is 18.7 Å². The van der Waals surface area contributed by atoms with Crippen molar-refractivity contribution in [3.05, 3.63) is 108 Å². The van der Waals surface area contributed by atoms with Crippen molar-refractivity contribution in [1.82, 2.24) is 0 Å². The normalized spacial score (nSPS) is 10.8. The Labute approximate surface area is 166 Å². The van der Waals surface area contributed by atoms with E-state index in [4.69, 9.17) is 4.74 Å². The van der Waals surface area contributed by atoms with Gasteiger partial charge < -0.3 is 10.1 Å². The molecule has 0 spiro atoms. The van der Waals surface area contributed by atoms with E-state index in [-0.39, 0.29) is 0 Å². The second-order valence-corrected chi connectivity index (χ2v) is 6.90. The Morgan fingerprint density at radius 2 is 1.50 bits per heavy atom. The van der Waals surface area contributed by atoms with E-state index in [2.05, 4.69) is 85.0 Å². The predicted molar refractivity (Wildman–Crippen MR) is 118 cm³/mol. The molecule has 0 amide bonds. The number of aryl methyl sites for hydroxylation is 1. The molecule has 0 saturated heterocycles. The van der Waals surface area contributed by atoms with Crippen LogP contribution in [-0.4, -0.2) is 0 Å². The molecule has 140 valence electrons. The van der Waals surface area contributed by atoms with Gasteiger partial charge in [0.05, 0.1) is 0 Å². The first kappa shape index (κ1) is 18.1. The zero-order chi connectivity index (χ0) is 19.2. The summed E-state index contributed by atoms with van der Waals surface area (Å²) >= 11 is 0. The molecule has 0 saturated carbocycles. The number of anilines is 1. The van der Waals surface area contributed by atoms with Crippen molar-refractivity contribution in [3.63, 3.8) is 0 Å². The van der Waals surface area contributed by atoms with Gasteiger partial charge in [-0.3, -0.25) is 0 Å². The van der Waals surface area contributed by atoms with Crippen molar-refractivity contribution < 1.29 is 4.74 Å². The summed E-state index contributed by atoms with van der Waals surface area (Å²) in [6.45, 7) is 3.48. The van der Waals surface area contributed by atoms with E-state index in [1.807, 2.05) is 18.2 Å². The number of ether oxygens (including phenoxy) is 1. The summed E-state index contributed by atoms with van der Waals surface area (Å²) in [4.78, 5) is 0. The van der Waals surface area contributed by atoms with E-state index in [1.54, 1.807) is 0 Å². The maximum Gasteiger partial charge on any atom is 0.125 e. The first-order chi connectivity index (χ1) is 13.8. The van der Waals surface area contributed by atoms with Gasteiger partial charge in [-0.2, -0.15) is 0 Å². The zero-order valence-electron chi connectivity index (χ0n) is 16.2. The molecule has 0 aliphatic carbocycles. The largest absolute Gasteiger partial charge is 0.489 e. The molecule has 0 heterocycles. The molecule has 0 unspecified atom stereocenters. The molecule has 2 heteroatoms. The summed E-state index contributed by atoms with van der Waals surface area (Å²) in [6.07, 6.45) is 1.01. The van der Waals surface area contributed by atoms with Crippen molar-refractivity contribution in [2.24, 2.45) is 0 Å². The van der Waals surface area contributed by atoms with Crippen LogP contribution < -0.4 is 10.1 Å². The standard InChI is InChI=1S/C26H25NO/c1-2-21-12-7-9-15-25(21)27-18-24-23-14-8-6-13-22(23)16-17-26(24)28-19-20-10-4-3-5-11-20/h3-17,27H,2,18-19H2,1H3. The molecule has 4 aromatic carbocycles. The minimum absolute atomic E-state index is 0.567. The fourth-order valence-electron chi connectivity index (χ4n) is 3.55. The average molecular weight is 367 g/mol. The Balaban J connectivity index is 1.64. The third-order valence-corrected chi connectivity index (χ3v) is 5.09. The van der Waals surface area contributed by atoms with Crippen LogP contribution in [0.4, 0.5) is 5.69 Å². The van der Waals surface area contributed by atoms with Gasteiger partial charge in [0.15, 0.2) is 0 Å². The van der Waals surface area contributed by atoms with Gasteiger partial charge in [0.2, 0.25) is 0 Å². The van der Waals surface area contributed by atoms with Crippen LogP contribution in [0.25, 0.3) is 10.8 Å². The van der Waals surface area contributed by atoms with Crippen LogP contribution in [0.3, 0.4) is 0 Å². The van der Waals surface area contributed by atoms with Crippen molar-refractivity contribution in [2.75, 3.05) is 5.32 Å². The van der Waals surface area contributed by atoms with Crippen molar-refractivity contribution in [1.29, 1.82) is 0 Å². The van der Waals surface area contributed by atoms with Gasteiger partial charge in [0.1, 0.15) is 12.4 Å². The Kier molecular flexibility index (Phi) is 5.58. The Morgan fingerprint density at radius 1 is 0.750 bits per heavy atom. The van der Waals surface area contributed by atoms with E-state index in [0.29, 0.717) is 6.61 Å². The van der Waals surface area contributed by atoms with Crippen LogP contribution in [-0.2, 0) is 19.6 Å². The molecule has 0 fully saturated rings. The monoisotopic (exact) mass is 367 g/mol. The molecule has 28 heavy (non-hydrogen) atoms. The highest BCUT2D eigenvalue weighted by Crippen LogP contribution is 2.30. The van der Waals surface area contributed by atoms with Gasteiger partial charge in [0.25, 0.3) is 0 Å². The summed E-state index contributed by atoms with van der Waals surface area (Å²) in [5, 5.41) is 6.09. The minimum Gasteiger partial charge on any atom is -0.489 e. The van der Waals surface area contributed by atoms with Crippen LogP contribution in [0.15, 0.2) is 91.0 Å². The second-order valence-electron chi connectivity index (χ2n) is 6.90. The smallest absolute Gasteiger partial charge is 0.125 e. The van der Waals surface area contributed by atoms with Gasteiger partial charge in [-0.25, -0.2) is 0 Å². The van der Waals surface area contributed by atoms with E-state index < -0.39 is 0 Å². The van der Waals surface area contributed by atoms with E-state index >= 15 is 0 Å². The van der Waals surface area contributed by atoms with Crippen LogP contribution >= 0.6 is 0 Å². The topological polar surface area (TPSA) is 21.3 Å². The van der Waals surface area contributed by atoms with E-state index in [9.17, 15) is 0 Å². The highest BCUT2D eigenvalue weighted by Gasteiger charge is 2.10. The minimum atomic E-state index is 0.567. The third kappa shape index (κ3) is 4.01. The maximum absolute atomic E-state index is 6.24. The molecule has 2 nitrogen and oxygen atoms in total. The number of nitrogens with one attached hydrogen (secondary N) is 1. The van der Waals surface area contributed by atoms with Crippen LogP contribution in [0.2, 0.25) is 0 Å². The molecule has 0 aliphatic heterocycles. The first-order valence-corrected chi connectivity index (χ1v) is 9.84. The summed E-state index contributed by atoms with van der Waals surface area (Å²) < 4.78 is 6.24. The highest BCUT2D eigenvalue weighted by atomic mass is 16.5. The Hall–Kier alpha value is -3.26. The molecule has 4 rings (SSSR count). The van der Waals surface area contributed by atoms with Crippen LogP contribution in [0, 0.1) is 0 Å². The maximum atomic E-state index is 6.24. The second kappa shape index (κ2) is 8.62. The molecule has 0 aromatic heterocycles. The number of hydrogen-bond acceptors (Lipinski definition) is 2. The lowest BCUT2D eigenvalue weighted by molar-refractivity contribution is 0.304. The number of fused-ring (bicyclic) bond motifs is 1. The van der Waals surface area contributed by atoms with E-state index in [1.165, 1.54) is 33.2 Å². The van der Waals surface area contributed by atoms with Gasteiger partial charge in [-0.15, -0.1) is 0 Å². The fraction of sp³-hybridized carbons (Fsp3) is 0.154. The highest BCUT2D eigenvalue weighted by molar-refractivity contribution is 5.88. The third-order valence-electron chi connectivity index (χ3n) is 5.09. The van der Waals surface area contributed by atoms with Crippen LogP contribution in [0.1, 0.15) is 23.6 Å². The lowest BCUT2D eigenvalue weighted by Crippen LogP contribution is -2.06. The summed E-state index contributed by atoms with van der Waals surface area (Å²) in [5.74, 6) is 0.934. The summed E-state index contributed by atoms with van der Waals surface area (Å²) in [7, 11) is 0. The van der Waals surface area contributed by atoms with Gasteiger partial charge in [-0.05, 0) is 40.5 Å². The SMILES string of the molecule is CCc1ccccc1NCc1c(OCc2ccccc2)ccc2ccccc12. The molecular formula is C26H25NO. The first-order valence-electron chi connectivity index (χ1n) is 9.84. The number of rotatable bonds is 7. The van der Waals surface area contributed by atoms with Crippen molar-refractivity contribution in [2.45, 2.75) is 26.5 Å². The lowest BCUT2D eigenvalue weighted by Gasteiger charge is -2.17. The quantitative estimate of drug-likeness (QED) is 0.398. The predicted octanol–water partition coefficient (Wildman–Crippen LogP) is 6.59. The van der Waals surface area contributed by atoms with Gasteiger partial charge in [0, 0.05) is 17.8 Å². The number of benzene rings is 4.